The number of hydrogen-bond acceptors (Lipinski definition) is 3. The van der Waals surface area contributed by atoms with Gasteiger partial charge in [-0.2, -0.15) is 0 Å². The van der Waals surface area contributed by atoms with E-state index in [4.69, 9.17) is 5.73 Å². The van der Waals surface area contributed by atoms with Crippen LogP contribution in [0.4, 0.5) is 0 Å². The molecule has 1 amide bonds. The summed E-state index contributed by atoms with van der Waals surface area (Å²) in [7, 11) is 0. The van der Waals surface area contributed by atoms with Crippen LogP contribution in [-0.2, 0) is 0 Å². The Balaban J connectivity index is 2.43. The largest absolute Gasteiger partial charge is 0.349 e. The predicted molar refractivity (Wildman–Crippen MR) is 68.6 cm³/mol. The molecule has 3 N–H and O–H groups in total. The summed E-state index contributed by atoms with van der Waals surface area (Å²) in [4.78, 5) is 15.7. The summed E-state index contributed by atoms with van der Waals surface area (Å²) in [5, 5.41) is 2.82. The van der Waals surface area contributed by atoms with Crippen molar-refractivity contribution in [3.63, 3.8) is 0 Å². The van der Waals surface area contributed by atoms with Gasteiger partial charge in [0.1, 0.15) is 5.69 Å². The van der Waals surface area contributed by atoms with E-state index in [-0.39, 0.29) is 11.9 Å². The highest BCUT2D eigenvalue weighted by Crippen LogP contribution is 2.10. The molecule has 0 aliphatic heterocycles. The first-order valence-electron chi connectivity index (χ1n) is 6.13. The van der Waals surface area contributed by atoms with E-state index in [1.807, 2.05) is 0 Å². The zero-order valence-electron chi connectivity index (χ0n) is 10.5. The van der Waals surface area contributed by atoms with Crippen molar-refractivity contribution in [2.24, 2.45) is 11.7 Å². The highest BCUT2D eigenvalue weighted by Gasteiger charge is 2.15. The minimum atomic E-state index is -0.160. The maximum absolute atomic E-state index is 11.7. The lowest BCUT2D eigenvalue weighted by Crippen LogP contribution is -2.42. The first kappa shape index (κ1) is 13.6. The topological polar surface area (TPSA) is 68.0 Å². The number of nitrogens with two attached hydrogens (primary N) is 1. The molecule has 4 heteroatoms. The molecule has 1 rings (SSSR count). The summed E-state index contributed by atoms with van der Waals surface area (Å²) in [6.07, 6.45) is 3.68. The Morgan fingerprint density at radius 3 is 2.65 bits per heavy atom. The Morgan fingerprint density at radius 2 is 2.12 bits per heavy atom. The zero-order chi connectivity index (χ0) is 12.7. The average Bonchev–Trinajstić information content (AvgIpc) is 2.38. The molecule has 1 aromatic heterocycles. The minimum absolute atomic E-state index is 0.0117. The third-order valence-electron chi connectivity index (χ3n) is 3.05. The SMILES string of the molecule is CCC(CC)C(N)CNC(=O)c1ccccn1. The fourth-order valence-corrected chi connectivity index (χ4v) is 1.86. The van der Waals surface area contributed by atoms with E-state index >= 15 is 0 Å². The fourth-order valence-electron chi connectivity index (χ4n) is 1.86. The van der Waals surface area contributed by atoms with Crippen molar-refractivity contribution in [1.82, 2.24) is 10.3 Å². The van der Waals surface area contributed by atoms with E-state index in [1.165, 1.54) is 0 Å². The molecule has 0 aliphatic rings. The van der Waals surface area contributed by atoms with Crippen molar-refractivity contribution in [2.75, 3.05) is 6.54 Å². The second-order valence-corrected chi connectivity index (χ2v) is 4.17. The maximum Gasteiger partial charge on any atom is 0.269 e. The molecule has 4 nitrogen and oxygen atoms in total. The molecule has 0 spiro atoms. The number of nitrogens with one attached hydrogen (secondary N) is 1. The number of carbonyl (C=O) groups is 1. The molecule has 0 bridgehead atoms. The Hall–Kier alpha value is -1.42. The third-order valence-corrected chi connectivity index (χ3v) is 3.05. The molecule has 1 heterocycles. The summed E-state index contributed by atoms with van der Waals surface area (Å²) in [6, 6.07) is 5.28. The summed E-state index contributed by atoms with van der Waals surface area (Å²) in [5.74, 6) is 0.297. The van der Waals surface area contributed by atoms with E-state index < -0.39 is 0 Å². The van der Waals surface area contributed by atoms with Gasteiger partial charge in [-0.1, -0.05) is 32.8 Å². The number of nitrogens with zero attached hydrogens (tertiary/aromatic N) is 1. The van der Waals surface area contributed by atoms with Gasteiger partial charge in [-0.3, -0.25) is 9.78 Å². The minimum Gasteiger partial charge on any atom is -0.349 e. The molecule has 1 aromatic rings. The molecule has 0 radical (unpaired) electrons. The second kappa shape index (κ2) is 7.01. The van der Waals surface area contributed by atoms with Crippen LogP contribution < -0.4 is 11.1 Å². The normalized spacial score (nSPS) is 12.5. The van der Waals surface area contributed by atoms with Crippen molar-refractivity contribution in [3.05, 3.63) is 30.1 Å². The summed E-state index contributed by atoms with van der Waals surface area (Å²) in [6.45, 7) is 4.74. The first-order chi connectivity index (χ1) is 8.19. The number of carbonyl (C=O) groups excluding carboxylic acids is 1. The van der Waals surface area contributed by atoms with Gasteiger partial charge in [0.05, 0.1) is 0 Å². The van der Waals surface area contributed by atoms with Crippen LogP contribution in [0.5, 0.6) is 0 Å². The number of aromatic nitrogens is 1. The summed E-state index contributed by atoms with van der Waals surface area (Å²) in [5.41, 5.74) is 6.46. The van der Waals surface area contributed by atoms with Crippen molar-refractivity contribution in [1.29, 1.82) is 0 Å². The summed E-state index contributed by atoms with van der Waals surface area (Å²) >= 11 is 0. The quantitative estimate of drug-likeness (QED) is 0.786. The number of hydrogen-bond donors (Lipinski definition) is 2. The lowest BCUT2D eigenvalue weighted by atomic mass is 9.95. The molecule has 94 valence electrons. The second-order valence-electron chi connectivity index (χ2n) is 4.17. The molecule has 17 heavy (non-hydrogen) atoms. The zero-order valence-corrected chi connectivity index (χ0v) is 10.5. The monoisotopic (exact) mass is 235 g/mol. The molecule has 0 aromatic carbocycles. The number of pyridine rings is 1. The van der Waals surface area contributed by atoms with Gasteiger partial charge in [0.15, 0.2) is 0 Å². The highest BCUT2D eigenvalue weighted by atomic mass is 16.1. The van der Waals surface area contributed by atoms with Crippen LogP contribution in [0.1, 0.15) is 37.2 Å². The standard InChI is InChI=1S/C13H21N3O/c1-3-10(4-2)11(14)9-16-13(17)12-7-5-6-8-15-12/h5-8,10-11H,3-4,9,14H2,1-2H3,(H,16,17). The van der Waals surface area contributed by atoms with Crippen LogP contribution in [0.3, 0.4) is 0 Å². The van der Waals surface area contributed by atoms with Crippen LogP contribution in [0.15, 0.2) is 24.4 Å². The summed E-state index contributed by atoms with van der Waals surface area (Å²) < 4.78 is 0. The van der Waals surface area contributed by atoms with Crippen molar-refractivity contribution >= 4 is 5.91 Å². The molecule has 0 aliphatic carbocycles. The molecule has 0 saturated heterocycles. The van der Waals surface area contributed by atoms with Crippen LogP contribution in [0.25, 0.3) is 0 Å². The Bertz CT molecular complexity index is 336. The van der Waals surface area contributed by atoms with E-state index in [1.54, 1.807) is 24.4 Å². The molecular formula is C13H21N3O. The van der Waals surface area contributed by atoms with Gasteiger partial charge in [0, 0.05) is 18.8 Å². The van der Waals surface area contributed by atoms with Crippen molar-refractivity contribution < 1.29 is 4.79 Å². The number of rotatable bonds is 6. The van der Waals surface area contributed by atoms with Gasteiger partial charge >= 0.3 is 0 Å². The third kappa shape index (κ3) is 4.15. The smallest absolute Gasteiger partial charge is 0.269 e. The van der Waals surface area contributed by atoms with E-state index in [2.05, 4.69) is 24.1 Å². The average molecular weight is 235 g/mol. The Labute approximate surface area is 103 Å². The van der Waals surface area contributed by atoms with Crippen LogP contribution >= 0.6 is 0 Å². The van der Waals surface area contributed by atoms with Gasteiger partial charge in [-0.15, -0.1) is 0 Å². The van der Waals surface area contributed by atoms with Gasteiger partial charge in [-0.05, 0) is 18.1 Å². The van der Waals surface area contributed by atoms with Gasteiger partial charge in [-0.25, -0.2) is 0 Å². The molecule has 1 unspecified atom stereocenters. The Morgan fingerprint density at radius 1 is 1.41 bits per heavy atom. The van der Waals surface area contributed by atoms with Crippen molar-refractivity contribution in [2.45, 2.75) is 32.7 Å². The first-order valence-corrected chi connectivity index (χ1v) is 6.13. The van der Waals surface area contributed by atoms with E-state index in [0.29, 0.717) is 18.2 Å². The van der Waals surface area contributed by atoms with Gasteiger partial charge in [0.2, 0.25) is 0 Å². The molecule has 0 fully saturated rings. The van der Waals surface area contributed by atoms with E-state index in [9.17, 15) is 4.79 Å². The number of amides is 1. The van der Waals surface area contributed by atoms with Crippen LogP contribution in [-0.4, -0.2) is 23.5 Å². The van der Waals surface area contributed by atoms with Crippen LogP contribution in [0, 0.1) is 5.92 Å². The van der Waals surface area contributed by atoms with Crippen LogP contribution in [0.2, 0.25) is 0 Å². The lowest BCUT2D eigenvalue weighted by molar-refractivity contribution is 0.0943. The molecular weight excluding hydrogens is 214 g/mol. The highest BCUT2D eigenvalue weighted by molar-refractivity contribution is 5.92. The molecule has 1 atom stereocenters. The van der Waals surface area contributed by atoms with Gasteiger partial charge in [0.25, 0.3) is 5.91 Å². The van der Waals surface area contributed by atoms with E-state index in [0.717, 1.165) is 12.8 Å². The fraction of sp³-hybridized carbons (Fsp3) is 0.538. The lowest BCUT2D eigenvalue weighted by Gasteiger charge is -2.21. The maximum atomic E-state index is 11.7. The van der Waals surface area contributed by atoms with Gasteiger partial charge < -0.3 is 11.1 Å². The van der Waals surface area contributed by atoms with Crippen molar-refractivity contribution in [3.8, 4) is 0 Å². The predicted octanol–water partition coefficient (Wildman–Crippen LogP) is 1.57. The molecule has 0 saturated carbocycles. The Kier molecular flexibility index (Phi) is 5.63.